The summed E-state index contributed by atoms with van der Waals surface area (Å²) >= 11 is 0. The highest BCUT2D eigenvalue weighted by Gasteiger charge is 2.14. The molecule has 3 N–H and O–H groups in total. The second-order valence-electron chi connectivity index (χ2n) is 5.11. The van der Waals surface area contributed by atoms with Gasteiger partial charge in [-0.25, -0.2) is 4.52 Å². The molecule has 2 aromatic rings. The number of aryl methyl sites for hydroxylation is 1. The van der Waals surface area contributed by atoms with Crippen molar-refractivity contribution in [2.45, 2.75) is 32.3 Å². The predicted molar refractivity (Wildman–Crippen MR) is 70.8 cm³/mol. The highest BCUT2D eigenvalue weighted by atomic mass is 16.5. The molecule has 2 heterocycles. The Morgan fingerprint density at radius 3 is 2.78 bits per heavy atom. The summed E-state index contributed by atoms with van der Waals surface area (Å²) in [5, 5.41) is 14.1. The zero-order valence-electron chi connectivity index (χ0n) is 11.0. The number of ether oxygens (including phenoxy) is 1. The van der Waals surface area contributed by atoms with Crippen LogP contribution in [0.5, 0.6) is 5.75 Å². The quantitative estimate of drug-likeness (QED) is 0.863. The van der Waals surface area contributed by atoms with Crippen LogP contribution >= 0.6 is 0 Å². The van der Waals surface area contributed by atoms with Crippen LogP contribution in [0.4, 0.5) is 5.69 Å². The second kappa shape index (κ2) is 4.49. The molecule has 0 aliphatic carbocycles. The van der Waals surface area contributed by atoms with E-state index in [9.17, 15) is 5.11 Å². The van der Waals surface area contributed by atoms with Gasteiger partial charge >= 0.3 is 0 Å². The van der Waals surface area contributed by atoms with Crippen LogP contribution in [0.15, 0.2) is 18.3 Å². The molecule has 5 nitrogen and oxygen atoms in total. The summed E-state index contributed by atoms with van der Waals surface area (Å²) in [5.41, 5.74) is 7.63. The van der Waals surface area contributed by atoms with Crippen LogP contribution < -0.4 is 10.5 Å². The fourth-order valence-corrected chi connectivity index (χ4v) is 1.82. The van der Waals surface area contributed by atoms with Crippen LogP contribution in [0, 0.1) is 0 Å². The summed E-state index contributed by atoms with van der Waals surface area (Å²) < 4.78 is 6.90. The van der Waals surface area contributed by atoms with E-state index in [1.807, 2.05) is 12.1 Å². The third-order valence-corrected chi connectivity index (χ3v) is 2.86. The van der Waals surface area contributed by atoms with Crippen molar-refractivity contribution in [3.8, 4) is 5.75 Å². The first-order valence-corrected chi connectivity index (χ1v) is 5.93. The van der Waals surface area contributed by atoms with Gasteiger partial charge in [0.1, 0.15) is 0 Å². The fourth-order valence-electron chi connectivity index (χ4n) is 1.82. The van der Waals surface area contributed by atoms with Gasteiger partial charge in [0.25, 0.3) is 0 Å². The van der Waals surface area contributed by atoms with E-state index in [1.165, 1.54) is 0 Å². The average molecular weight is 249 g/mol. The smallest absolute Gasteiger partial charge is 0.160 e. The van der Waals surface area contributed by atoms with Crippen molar-refractivity contribution in [2.75, 3.05) is 12.8 Å². The van der Waals surface area contributed by atoms with E-state index in [1.54, 1.807) is 31.7 Å². The van der Waals surface area contributed by atoms with Gasteiger partial charge in [-0.1, -0.05) is 0 Å². The topological polar surface area (TPSA) is 72.8 Å². The first kappa shape index (κ1) is 12.7. The highest BCUT2D eigenvalue weighted by Crippen LogP contribution is 2.23. The van der Waals surface area contributed by atoms with Crippen molar-refractivity contribution in [1.29, 1.82) is 0 Å². The summed E-state index contributed by atoms with van der Waals surface area (Å²) in [6.07, 6.45) is 3.16. The van der Waals surface area contributed by atoms with Crippen LogP contribution in [0.2, 0.25) is 0 Å². The molecule has 0 saturated carbocycles. The predicted octanol–water partition coefficient (Wildman–Crippen LogP) is 1.63. The molecule has 0 bridgehead atoms. The van der Waals surface area contributed by atoms with Gasteiger partial charge in [0.2, 0.25) is 0 Å². The Morgan fingerprint density at radius 1 is 1.44 bits per heavy atom. The number of aromatic nitrogens is 2. The van der Waals surface area contributed by atoms with Gasteiger partial charge in [0.15, 0.2) is 5.75 Å². The number of nitrogens with two attached hydrogens (primary N) is 1. The summed E-state index contributed by atoms with van der Waals surface area (Å²) in [4.78, 5) is 0. The number of nitrogens with zero attached hydrogens (tertiary/aromatic N) is 2. The highest BCUT2D eigenvalue weighted by molar-refractivity contribution is 5.63. The minimum atomic E-state index is -0.674. The lowest BCUT2D eigenvalue weighted by Crippen LogP contribution is -2.19. The Hall–Kier alpha value is -1.75. The van der Waals surface area contributed by atoms with Gasteiger partial charge in [-0.15, -0.1) is 0 Å². The Labute approximate surface area is 106 Å². The Kier molecular flexibility index (Phi) is 3.17. The van der Waals surface area contributed by atoms with Crippen LogP contribution in [0.1, 0.15) is 26.0 Å². The first-order chi connectivity index (χ1) is 8.39. The molecule has 0 fully saturated rings. The molecule has 0 aliphatic heterocycles. The van der Waals surface area contributed by atoms with E-state index in [0.29, 0.717) is 17.9 Å². The molecule has 0 radical (unpaired) electrons. The summed E-state index contributed by atoms with van der Waals surface area (Å²) in [6, 6.07) is 3.81. The zero-order valence-corrected chi connectivity index (χ0v) is 11.0. The average Bonchev–Trinajstić information content (AvgIpc) is 2.66. The van der Waals surface area contributed by atoms with Crippen molar-refractivity contribution in [1.82, 2.24) is 9.61 Å². The molecule has 18 heavy (non-hydrogen) atoms. The van der Waals surface area contributed by atoms with Gasteiger partial charge in [-0.2, -0.15) is 5.10 Å². The van der Waals surface area contributed by atoms with Gasteiger partial charge in [-0.3, -0.25) is 0 Å². The molecule has 0 spiro atoms. The van der Waals surface area contributed by atoms with E-state index in [2.05, 4.69) is 5.10 Å². The fraction of sp³-hybridized carbons (Fsp3) is 0.462. The number of hydrogen-bond acceptors (Lipinski definition) is 4. The summed E-state index contributed by atoms with van der Waals surface area (Å²) in [7, 11) is 1.58. The number of nitrogen functional groups attached to an aromatic ring is 1. The van der Waals surface area contributed by atoms with Gasteiger partial charge in [0, 0.05) is 0 Å². The number of rotatable bonds is 4. The summed E-state index contributed by atoms with van der Waals surface area (Å²) in [5.74, 6) is 0.611. The van der Waals surface area contributed by atoms with Crippen molar-refractivity contribution in [2.24, 2.45) is 0 Å². The Morgan fingerprint density at radius 2 is 2.17 bits per heavy atom. The van der Waals surface area contributed by atoms with Crippen molar-refractivity contribution in [3.05, 3.63) is 24.0 Å². The minimum Gasteiger partial charge on any atom is -0.493 e. The monoisotopic (exact) mass is 249 g/mol. The molecule has 5 heteroatoms. The third kappa shape index (κ3) is 2.73. The third-order valence-electron chi connectivity index (χ3n) is 2.86. The molecule has 0 saturated heterocycles. The molecule has 2 rings (SSSR count). The first-order valence-electron chi connectivity index (χ1n) is 5.93. The number of hydrogen-bond donors (Lipinski definition) is 2. The van der Waals surface area contributed by atoms with E-state index >= 15 is 0 Å². The molecular weight excluding hydrogens is 230 g/mol. The number of methoxy groups -OCH3 is 1. The standard InChI is InChI=1S/C13H19N3O2/c1-13(2,17)5-4-9-6-10-7-11(14)12(18-3)8-16(10)15-9/h6-8,17H,4-5,14H2,1-3H3. The molecule has 0 amide bonds. The number of anilines is 1. The van der Waals surface area contributed by atoms with E-state index < -0.39 is 5.60 Å². The second-order valence-corrected chi connectivity index (χ2v) is 5.11. The molecule has 98 valence electrons. The molecule has 2 aromatic heterocycles. The van der Waals surface area contributed by atoms with Gasteiger partial charge in [0.05, 0.1) is 35.8 Å². The van der Waals surface area contributed by atoms with Crippen molar-refractivity contribution < 1.29 is 9.84 Å². The van der Waals surface area contributed by atoms with Gasteiger partial charge in [-0.05, 0) is 38.8 Å². The van der Waals surface area contributed by atoms with Crippen LogP contribution in [-0.4, -0.2) is 27.4 Å². The summed E-state index contributed by atoms with van der Waals surface area (Å²) in [6.45, 7) is 3.59. The maximum atomic E-state index is 9.71. The maximum absolute atomic E-state index is 9.71. The lowest BCUT2D eigenvalue weighted by atomic mass is 10.0. The van der Waals surface area contributed by atoms with E-state index in [0.717, 1.165) is 17.6 Å². The normalized spacial score (nSPS) is 12.0. The van der Waals surface area contributed by atoms with Crippen LogP contribution in [0.25, 0.3) is 5.52 Å². The van der Waals surface area contributed by atoms with Crippen molar-refractivity contribution in [3.63, 3.8) is 0 Å². The maximum Gasteiger partial charge on any atom is 0.160 e. The molecule has 0 aromatic carbocycles. The van der Waals surface area contributed by atoms with Crippen molar-refractivity contribution >= 4 is 11.2 Å². The minimum absolute atomic E-state index is 0.596. The number of aliphatic hydroxyl groups is 1. The molecule has 0 unspecified atom stereocenters. The number of fused-ring (bicyclic) bond motifs is 1. The lowest BCUT2D eigenvalue weighted by Gasteiger charge is -2.15. The SMILES string of the molecule is COc1cn2nc(CCC(C)(C)O)cc2cc1N. The number of pyridine rings is 1. The van der Waals surface area contributed by atoms with Crippen LogP contribution in [-0.2, 0) is 6.42 Å². The molecular formula is C13H19N3O2. The van der Waals surface area contributed by atoms with E-state index in [-0.39, 0.29) is 0 Å². The Balaban J connectivity index is 2.27. The van der Waals surface area contributed by atoms with E-state index in [4.69, 9.17) is 10.5 Å². The van der Waals surface area contributed by atoms with Crippen LogP contribution in [0.3, 0.4) is 0 Å². The van der Waals surface area contributed by atoms with Gasteiger partial charge < -0.3 is 15.6 Å². The molecule has 0 aliphatic rings. The Bertz CT molecular complexity index is 555. The zero-order chi connectivity index (χ0) is 13.3. The largest absolute Gasteiger partial charge is 0.493 e. The molecule has 0 atom stereocenters. The lowest BCUT2D eigenvalue weighted by molar-refractivity contribution is 0.0711.